The number of halogens is 1. The molecule has 1 unspecified atom stereocenters. The fourth-order valence-electron chi connectivity index (χ4n) is 2.26. The first kappa shape index (κ1) is 15.5. The zero-order valence-corrected chi connectivity index (χ0v) is 12.5. The summed E-state index contributed by atoms with van der Waals surface area (Å²) >= 11 is 6.05. The minimum Gasteiger partial charge on any atom is -0.313 e. The summed E-state index contributed by atoms with van der Waals surface area (Å²) in [5, 5.41) is 4.20. The van der Waals surface area contributed by atoms with Crippen LogP contribution in [0, 0.1) is 0 Å². The highest BCUT2D eigenvalue weighted by Gasteiger charge is 2.11. The molecule has 0 fully saturated rings. The predicted octanol–water partition coefficient (Wildman–Crippen LogP) is 3.72. The Morgan fingerprint density at radius 3 is 2.61 bits per heavy atom. The Kier molecular flexibility index (Phi) is 7.33. The van der Waals surface area contributed by atoms with Gasteiger partial charge in [0.2, 0.25) is 0 Å². The van der Waals surface area contributed by atoms with E-state index in [1.807, 2.05) is 19.2 Å². The van der Waals surface area contributed by atoms with Gasteiger partial charge in [-0.1, -0.05) is 37.6 Å². The SMILES string of the molecule is CCCN(CC)CCC(NC)c1cccc(Cl)c1. The summed E-state index contributed by atoms with van der Waals surface area (Å²) in [6, 6.07) is 8.52. The van der Waals surface area contributed by atoms with Gasteiger partial charge in [0, 0.05) is 11.1 Å². The highest BCUT2D eigenvalue weighted by molar-refractivity contribution is 6.30. The molecule has 2 nitrogen and oxygen atoms in total. The van der Waals surface area contributed by atoms with E-state index >= 15 is 0 Å². The van der Waals surface area contributed by atoms with Gasteiger partial charge in [0.15, 0.2) is 0 Å². The minimum absolute atomic E-state index is 0.384. The molecule has 1 aromatic rings. The summed E-state index contributed by atoms with van der Waals surface area (Å²) in [5.74, 6) is 0. The smallest absolute Gasteiger partial charge is 0.0409 e. The monoisotopic (exact) mass is 268 g/mol. The molecule has 0 amide bonds. The van der Waals surface area contributed by atoms with E-state index in [1.165, 1.54) is 18.5 Å². The maximum atomic E-state index is 6.05. The Balaban J connectivity index is 2.56. The molecule has 3 heteroatoms. The average molecular weight is 269 g/mol. The Bertz CT molecular complexity index is 341. The lowest BCUT2D eigenvalue weighted by molar-refractivity contribution is 0.271. The molecule has 0 bridgehead atoms. The third-order valence-electron chi connectivity index (χ3n) is 3.32. The van der Waals surface area contributed by atoms with Crippen LogP contribution in [0.25, 0.3) is 0 Å². The lowest BCUT2D eigenvalue weighted by Gasteiger charge is -2.23. The van der Waals surface area contributed by atoms with E-state index in [2.05, 4.69) is 36.2 Å². The van der Waals surface area contributed by atoms with Gasteiger partial charge in [0.1, 0.15) is 0 Å². The van der Waals surface area contributed by atoms with Crippen molar-refractivity contribution < 1.29 is 0 Å². The third-order valence-corrected chi connectivity index (χ3v) is 3.56. The fourth-order valence-corrected chi connectivity index (χ4v) is 2.46. The molecule has 1 rings (SSSR count). The van der Waals surface area contributed by atoms with E-state index in [0.717, 1.165) is 24.5 Å². The van der Waals surface area contributed by atoms with Gasteiger partial charge >= 0.3 is 0 Å². The van der Waals surface area contributed by atoms with Crippen molar-refractivity contribution >= 4 is 11.6 Å². The molecule has 0 heterocycles. The van der Waals surface area contributed by atoms with Crippen LogP contribution in [-0.2, 0) is 0 Å². The van der Waals surface area contributed by atoms with Crippen LogP contribution < -0.4 is 5.32 Å². The molecule has 0 spiro atoms. The van der Waals surface area contributed by atoms with Crippen molar-refractivity contribution in [3.63, 3.8) is 0 Å². The Hall–Kier alpha value is -0.570. The lowest BCUT2D eigenvalue weighted by Crippen LogP contribution is -2.29. The number of rotatable bonds is 8. The molecule has 1 N–H and O–H groups in total. The zero-order chi connectivity index (χ0) is 13.4. The highest BCUT2D eigenvalue weighted by atomic mass is 35.5. The molecule has 0 saturated carbocycles. The lowest BCUT2D eigenvalue weighted by atomic mass is 10.0. The Morgan fingerprint density at radius 1 is 1.28 bits per heavy atom. The largest absolute Gasteiger partial charge is 0.313 e. The van der Waals surface area contributed by atoms with Gasteiger partial charge in [-0.2, -0.15) is 0 Å². The van der Waals surface area contributed by atoms with Gasteiger partial charge in [-0.25, -0.2) is 0 Å². The average Bonchev–Trinajstić information content (AvgIpc) is 2.38. The topological polar surface area (TPSA) is 15.3 Å². The summed E-state index contributed by atoms with van der Waals surface area (Å²) in [6.45, 7) is 7.89. The van der Waals surface area contributed by atoms with Gasteiger partial charge < -0.3 is 10.2 Å². The van der Waals surface area contributed by atoms with Crippen molar-refractivity contribution in [2.24, 2.45) is 0 Å². The second kappa shape index (κ2) is 8.52. The van der Waals surface area contributed by atoms with Crippen molar-refractivity contribution in [2.45, 2.75) is 32.7 Å². The summed E-state index contributed by atoms with van der Waals surface area (Å²) < 4.78 is 0. The van der Waals surface area contributed by atoms with Crippen LogP contribution in [0.5, 0.6) is 0 Å². The van der Waals surface area contributed by atoms with Crippen LogP contribution in [-0.4, -0.2) is 31.6 Å². The van der Waals surface area contributed by atoms with Crippen molar-refractivity contribution in [2.75, 3.05) is 26.7 Å². The first-order valence-corrected chi connectivity index (χ1v) is 7.24. The summed E-state index contributed by atoms with van der Waals surface area (Å²) in [7, 11) is 2.02. The number of hydrogen-bond donors (Lipinski definition) is 1. The molecule has 1 aromatic carbocycles. The van der Waals surface area contributed by atoms with Gasteiger partial charge in [0.25, 0.3) is 0 Å². The normalized spacial score (nSPS) is 12.9. The van der Waals surface area contributed by atoms with Crippen molar-refractivity contribution in [3.8, 4) is 0 Å². The Morgan fingerprint density at radius 2 is 2.06 bits per heavy atom. The van der Waals surface area contributed by atoms with Crippen LogP contribution in [0.4, 0.5) is 0 Å². The maximum absolute atomic E-state index is 6.05. The molecule has 0 aromatic heterocycles. The summed E-state index contributed by atoms with van der Waals surface area (Å²) in [5.41, 5.74) is 1.28. The quantitative estimate of drug-likeness (QED) is 0.773. The van der Waals surface area contributed by atoms with Gasteiger partial charge in [-0.3, -0.25) is 0 Å². The minimum atomic E-state index is 0.384. The van der Waals surface area contributed by atoms with Crippen molar-refractivity contribution in [1.82, 2.24) is 10.2 Å². The predicted molar refractivity (Wildman–Crippen MR) is 80.3 cm³/mol. The third kappa shape index (κ3) is 4.97. The molecule has 0 aliphatic rings. The second-order valence-electron chi connectivity index (χ2n) is 4.62. The van der Waals surface area contributed by atoms with Crippen LogP contribution >= 0.6 is 11.6 Å². The maximum Gasteiger partial charge on any atom is 0.0409 e. The fraction of sp³-hybridized carbons (Fsp3) is 0.600. The van der Waals surface area contributed by atoms with Crippen LogP contribution in [0.15, 0.2) is 24.3 Å². The van der Waals surface area contributed by atoms with Gasteiger partial charge in [0.05, 0.1) is 0 Å². The molecule has 18 heavy (non-hydrogen) atoms. The first-order valence-electron chi connectivity index (χ1n) is 6.86. The van der Waals surface area contributed by atoms with E-state index < -0.39 is 0 Å². The highest BCUT2D eigenvalue weighted by Crippen LogP contribution is 2.20. The van der Waals surface area contributed by atoms with Crippen LogP contribution in [0.3, 0.4) is 0 Å². The molecule has 0 aliphatic heterocycles. The van der Waals surface area contributed by atoms with Gasteiger partial charge in [-0.15, -0.1) is 0 Å². The molecule has 1 atom stereocenters. The van der Waals surface area contributed by atoms with E-state index in [4.69, 9.17) is 11.6 Å². The Labute approximate surface area is 116 Å². The van der Waals surface area contributed by atoms with E-state index in [0.29, 0.717) is 6.04 Å². The van der Waals surface area contributed by atoms with Crippen LogP contribution in [0.2, 0.25) is 5.02 Å². The molecule has 0 radical (unpaired) electrons. The van der Waals surface area contributed by atoms with E-state index in [-0.39, 0.29) is 0 Å². The second-order valence-corrected chi connectivity index (χ2v) is 5.06. The number of nitrogens with zero attached hydrogens (tertiary/aromatic N) is 1. The molecular formula is C15H25ClN2. The van der Waals surface area contributed by atoms with Crippen molar-refractivity contribution in [1.29, 1.82) is 0 Å². The molecular weight excluding hydrogens is 244 g/mol. The molecule has 102 valence electrons. The van der Waals surface area contributed by atoms with Crippen LogP contribution in [0.1, 0.15) is 38.3 Å². The molecule has 0 aliphatic carbocycles. The number of nitrogens with one attached hydrogen (secondary N) is 1. The van der Waals surface area contributed by atoms with E-state index in [1.54, 1.807) is 0 Å². The molecule has 0 saturated heterocycles. The number of hydrogen-bond acceptors (Lipinski definition) is 2. The first-order chi connectivity index (χ1) is 8.71. The van der Waals surface area contributed by atoms with E-state index in [9.17, 15) is 0 Å². The summed E-state index contributed by atoms with van der Waals surface area (Å²) in [4.78, 5) is 2.49. The van der Waals surface area contributed by atoms with Crippen molar-refractivity contribution in [3.05, 3.63) is 34.9 Å². The standard InChI is InChI=1S/C15H25ClN2/c1-4-10-18(5-2)11-9-15(17-3)13-7-6-8-14(16)12-13/h6-8,12,15,17H,4-5,9-11H2,1-3H3. The number of benzene rings is 1. The zero-order valence-electron chi connectivity index (χ0n) is 11.7. The van der Waals surface area contributed by atoms with Gasteiger partial charge in [-0.05, 0) is 57.2 Å². The summed E-state index contributed by atoms with van der Waals surface area (Å²) in [6.07, 6.45) is 2.33.